The van der Waals surface area contributed by atoms with E-state index in [0.29, 0.717) is 21.9 Å². The number of anilines is 3. The van der Waals surface area contributed by atoms with E-state index < -0.39 is 17.5 Å². The van der Waals surface area contributed by atoms with E-state index in [4.69, 9.17) is 4.74 Å². The van der Waals surface area contributed by atoms with Gasteiger partial charge in [-0.2, -0.15) is 0 Å². The van der Waals surface area contributed by atoms with Gasteiger partial charge >= 0.3 is 0 Å². The Kier molecular flexibility index (Phi) is 6.09. The van der Waals surface area contributed by atoms with Crippen LogP contribution in [0, 0.1) is 11.6 Å². The molecule has 1 amide bonds. The number of carbonyl (C=O) groups is 1. The Morgan fingerprint density at radius 1 is 1.00 bits per heavy atom. The van der Waals surface area contributed by atoms with Crippen molar-refractivity contribution in [3.05, 3.63) is 83.9 Å². The van der Waals surface area contributed by atoms with Gasteiger partial charge < -0.3 is 15.0 Å². The van der Waals surface area contributed by atoms with Crippen LogP contribution >= 0.6 is 11.3 Å². The minimum atomic E-state index is -0.915. The minimum absolute atomic E-state index is 0.231. The maximum atomic E-state index is 13.8. The molecule has 0 aliphatic carbocycles. The van der Waals surface area contributed by atoms with Crippen molar-refractivity contribution in [2.45, 2.75) is 0 Å². The molecule has 0 aliphatic rings. The molecular formula is C23H18F2N4O2S. The highest BCUT2D eigenvalue weighted by Crippen LogP contribution is 2.33. The molecule has 0 aliphatic heterocycles. The largest absolute Gasteiger partial charge is 0.497 e. The molecular weight excluding hydrogens is 434 g/mol. The van der Waals surface area contributed by atoms with E-state index in [0.717, 1.165) is 29.1 Å². The number of benzene rings is 3. The second-order valence-corrected chi connectivity index (χ2v) is 7.76. The van der Waals surface area contributed by atoms with Crippen LogP contribution in [-0.4, -0.2) is 30.3 Å². The molecule has 1 N–H and O–H groups in total. The first-order valence-corrected chi connectivity index (χ1v) is 10.3. The van der Waals surface area contributed by atoms with Gasteiger partial charge in [-0.3, -0.25) is 4.79 Å². The summed E-state index contributed by atoms with van der Waals surface area (Å²) in [6, 6.07) is 17.4. The van der Waals surface area contributed by atoms with E-state index >= 15 is 0 Å². The second-order valence-electron chi connectivity index (χ2n) is 6.80. The number of carbonyl (C=O) groups excluding carboxylic acids is 1. The topological polar surface area (TPSA) is 67.3 Å². The zero-order valence-corrected chi connectivity index (χ0v) is 18.0. The summed E-state index contributed by atoms with van der Waals surface area (Å²) < 4.78 is 32.0. The molecule has 0 fully saturated rings. The predicted molar refractivity (Wildman–Crippen MR) is 121 cm³/mol. The number of halogens is 2. The predicted octanol–water partition coefficient (Wildman–Crippen LogP) is 5.51. The van der Waals surface area contributed by atoms with Crippen LogP contribution in [0.4, 0.5) is 25.3 Å². The summed E-state index contributed by atoms with van der Waals surface area (Å²) in [5.74, 6) is -1.54. The van der Waals surface area contributed by atoms with Crippen molar-refractivity contribution in [1.82, 2.24) is 10.2 Å². The van der Waals surface area contributed by atoms with Crippen molar-refractivity contribution in [2.75, 3.05) is 24.4 Å². The lowest BCUT2D eigenvalue weighted by molar-refractivity contribution is 0.102. The fraction of sp³-hybridized carbons (Fsp3) is 0.0870. The van der Waals surface area contributed by atoms with Gasteiger partial charge in [0.25, 0.3) is 5.91 Å². The summed E-state index contributed by atoms with van der Waals surface area (Å²) in [6.45, 7) is 0. The molecule has 162 valence electrons. The molecule has 1 aromatic heterocycles. The summed E-state index contributed by atoms with van der Waals surface area (Å²) in [7, 11) is 3.52. The van der Waals surface area contributed by atoms with Crippen molar-refractivity contribution < 1.29 is 18.3 Å². The molecule has 32 heavy (non-hydrogen) atoms. The van der Waals surface area contributed by atoms with Gasteiger partial charge in [0.15, 0.2) is 0 Å². The van der Waals surface area contributed by atoms with Crippen molar-refractivity contribution in [2.24, 2.45) is 0 Å². The van der Waals surface area contributed by atoms with Gasteiger partial charge in [-0.1, -0.05) is 11.3 Å². The minimum Gasteiger partial charge on any atom is -0.497 e. The third-order valence-electron chi connectivity index (χ3n) is 4.73. The maximum absolute atomic E-state index is 13.8. The summed E-state index contributed by atoms with van der Waals surface area (Å²) in [4.78, 5) is 14.2. The number of aromatic nitrogens is 2. The van der Waals surface area contributed by atoms with Crippen molar-refractivity contribution in [3.8, 4) is 16.3 Å². The Labute approximate surface area is 187 Å². The molecule has 4 aromatic rings. The molecule has 0 unspecified atom stereocenters. The van der Waals surface area contributed by atoms with Gasteiger partial charge in [-0.15, -0.1) is 10.2 Å². The molecule has 0 atom stereocenters. The van der Waals surface area contributed by atoms with Crippen molar-refractivity contribution in [1.29, 1.82) is 0 Å². The average Bonchev–Trinajstić information content (AvgIpc) is 3.29. The van der Waals surface area contributed by atoms with Gasteiger partial charge in [0, 0.05) is 30.1 Å². The number of amides is 1. The van der Waals surface area contributed by atoms with E-state index in [1.54, 1.807) is 31.4 Å². The molecule has 0 bridgehead atoms. The number of ether oxygens (including phenoxy) is 1. The molecule has 9 heteroatoms. The molecule has 0 spiro atoms. The molecule has 0 radical (unpaired) electrons. The number of hydrogen-bond donors (Lipinski definition) is 1. The second kappa shape index (κ2) is 9.11. The average molecular weight is 452 g/mol. The highest BCUT2D eigenvalue weighted by molar-refractivity contribution is 7.18. The number of nitrogens with zero attached hydrogens (tertiary/aromatic N) is 3. The lowest BCUT2D eigenvalue weighted by atomic mass is 10.1. The fourth-order valence-electron chi connectivity index (χ4n) is 2.95. The van der Waals surface area contributed by atoms with Crippen LogP contribution in [0.25, 0.3) is 10.6 Å². The lowest BCUT2D eigenvalue weighted by Gasteiger charge is -2.15. The van der Waals surface area contributed by atoms with Crippen molar-refractivity contribution in [3.63, 3.8) is 0 Å². The van der Waals surface area contributed by atoms with Gasteiger partial charge in [0.2, 0.25) is 5.13 Å². The highest BCUT2D eigenvalue weighted by atomic mass is 32.1. The van der Waals surface area contributed by atoms with E-state index in [-0.39, 0.29) is 5.56 Å². The fourth-order valence-corrected chi connectivity index (χ4v) is 3.78. The van der Waals surface area contributed by atoms with E-state index in [9.17, 15) is 13.6 Å². The summed E-state index contributed by atoms with van der Waals surface area (Å²) in [5.41, 5.74) is 2.01. The summed E-state index contributed by atoms with van der Waals surface area (Å²) >= 11 is 1.42. The number of nitrogens with one attached hydrogen (secondary N) is 1. The SMILES string of the molecule is COc1ccc(N(C)c2nnc(-c3ccc(NC(=O)c4ccc(F)cc4F)cc3)s2)cc1. The quantitative estimate of drug-likeness (QED) is 0.418. The van der Waals surface area contributed by atoms with Crippen LogP contribution in [0.1, 0.15) is 10.4 Å². The van der Waals surface area contributed by atoms with Gasteiger partial charge in [0.05, 0.1) is 12.7 Å². The first kappa shape index (κ1) is 21.4. The number of hydrogen-bond acceptors (Lipinski definition) is 6. The van der Waals surface area contributed by atoms with Crippen LogP contribution in [-0.2, 0) is 0 Å². The van der Waals surface area contributed by atoms with Crippen LogP contribution in [0.5, 0.6) is 5.75 Å². The molecule has 0 saturated carbocycles. The Bertz CT molecular complexity index is 1240. The zero-order chi connectivity index (χ0) is 22.7. The van der Waals surface area contributed by atoms with Gasteiger partial charge in [-0.25, -0.2) is 8.78 Å². The van der Waals surface area contributed by atoms with E-state index in [2.05, 4.69) is 15.5 Å². The molecule has 1 heterocycles. The first-order chi connectivity index (χ1) is 15.4. The van der Waals surface area contributed by atoms with Gasteiger partial charge in [-0.05, 0) is 60.7 Å². The lowest BCUT2D eigenvalue weighted by Crippen LogP contribution is -2.13. The van der Waals surface area contributed by atoms with Crippen LogP contribution in [0.3, 0.4) is 0 Å². The Balaban J connectivity index is 1.46. The summed E-state index contributed by atoms with van der Waals surface area (Å²) in [5, 5.41) is 12.5. The zero-order valence-electron chi connectivity index (χ0n) is 17.2. The number of rotatable bonds is 6. The summed E-state index contributed by atoms with van der Waals surface area (Å²) in [6.07, 6.45) is 0. The van der Waals surface area contributed by atoms with Crippen LogP contribution in [0.2, 0.25) is 0 Å². The van der Waals surface area contributed by atoms with E-state index in [1.165, 1.54) is 11.3 Å². The van der Waals surface area contributed by atoms with Crippen LogP contribution in [0.15, 0.2) is 66.7 Å². The Morgan fingerprint density at radius 3 is 2.38 bits per heavy atom. The maximum Gasteiger partial charge on any atom is 0.258 e. The van der Waals surface area contributed by atoms with Gasteiger partial charge in [0.1, 0.15) is 22.4 Å². The Morgan fingerprint density at radius 2 is 1.72 bits per heavy atom. The number of methoxy groups -OCH3 is 1. The van der Waals surface area contributed by atoms with Crippen molar-refractivity contribution >= 4 is 33.8 Å². The molecule has 6 nitrogen and oxygen atoms in total. The molecule has 3 aromatic carbocycles. The van der Waals surface area contributed by atoms with E-state index in [1.807, 2.05) is 36.2 Å². The van der Waals surface area contributed by atoms with Crippen LogP contribution < -0.4 is 15.0 Å². The third-order valence-corrected chi connectivity index (χ3v) is 5.78. The first-order valence-electron chi connectivity index (χ1n) is 9.53. The third kappa shape index (κ3) is 4.57. The Hall–Kier alpha value is -3.85. The molecule has 4 rings (SSSR count). The standard InChI is InChI=1S/C23H18F2N4O2S/c1-29(17-8-10-18(31-2)11-9-17)23-28-27-22(32-23)14-3-6-16(7-4-14)26-21(30)19-12-5-15(24)13-20(19)25/h3-13H,1-2H3,(H,26,30). The monoisotopic (exact) mass is 452 g/mol. The normalized spacial score (nSPS) is 10.6. The smallest absolute Gasteiger partial charge is 0.258 e. The highest BCUT2D eigenvalue weighted by Gasteiger charge is 2.14. The molecule has 0 saturated heterocycles.